The Labute approximate surface area is 405 Å². The van der Waals surface area contributed by atoms with Gasteiger partial charge in [-0.05, 0) is 108 Å². The van der Waals surface area contributed by atoms with Gasteiger partial charge in [-0.2, -0.15) is 9.97 Å². The molecule has 0 N–H and O–H groups in total. The first-order valence-corrected chi connectivity index (χ1v) is 26.4. The number of ether oxygens (including phenoxy) is 3. The highest BCUT2D eigenvalue weighted by atomic mass is 28.3. The van der Waals surface area contributed by atoms with Gasteiger partial charge in [0, 0.05) is 24.8 Å². The third kappa shape index (κ3) is 8.96. The van der Waals surface area contributed by atoms with Crippen molar-refractivity contribution in [2.45, 2.75) is 124 Å². The fourth-order valence-electron chi connectivity index (χ4n) is 10.8. The fourth-order valence-corrected chi connectivity index (χ4v) is 16.6. The van der Waals surface area contributed by atoms with Crippen LogP contribution in [0.1, 0.15) is 100 Å². The van der Waals surface area contributed by atoms with Gasteiger partial charge in [0.25, 0.3) is 0 Å². The van der Waals surface area contributed by atoms with E-state index in [-0.39, 0.29) is 52.8 Å². The van der Waals surface area contributed by atoms with E-state index < -0.39 is 35.8 Å². The molecular weight excluding hydrogens is 889 g/mol. The zero-order valence-electron chi connectivity index (χ0n) is 41.7. The number of anilines is 1. The second-order valence-electron chi connectivity index (χ2n) is 22.6. The number of halogens is 2. The maximum atomic E-state index is 17.9. The summed E-state index contributed by atoms with van der Waals surface area (Å²) in [6.45, 7) is 21.4. The molecule has 3 aliphatic rings. The van der Waals surface area contributed by atoms with Crippen LogP contribution in [0.15, 0.2) is 91.1 Å². The first-order chi connectivity index (χ1) is 32.6. The lowest BCUT2D eigenvalue weighted by Gasteiger charge is -2.44. The van der Waals surface area contributed by atoms with Gasteiger partial charge in [-0.3, -0.25) is 9.88 Å². The van der Waals surface area contributed by atoms with Gasteiger partial charge in [-0.1, -0.05) is 115 Å². The number of benzene rings is 4. The third-order valence-corrected chi connectivity index (χ3v) is 20.0. The Kier molecular flexibility index (Phi) is 12.4. The van der Waals surface area contributed by atoms with E-state index in [9.17, 15) is 4.79 Å². The Balaban J connectivity index is 1.16. The van der Waals surface area contributed by atoms with E-state index in [1.165, 1.54) is 6.07 Å². The summed E-state index contributed by atoms with van der Waals surface area (Å²) in [5, 5.41) is 3.46. The molecular formula is C56H65F2N5O5Si. The van der Waals surface area contributed by atoms with Crippen molar-refractivity contribution in [3.05, 3.63) is 108 Å². The summed E-state index contributed by atoms with van der Waals surface area (Å²) in [6.07, 6.45) is 4.40. The molecule has 0 spiro atoms. The molecule has 0 radical (unpaired) electrons. The van der Waals surface area contributed by atoms with Gasteiger partial charge in [-0.15, -0.1) is 0 Å². The number of amides is 1. The monoisotopic (exact) mass is 953 g/mol. The van der Waals surface area contributed by atoms with E-state index >= 15 is 13.6 Å². The largest absolute Gasteiger partial charge is 0.493 e. The number of hydrogen-bond acceptors (Lipinski definition) is 9. The van der Waals surface area contributed by atoms with Crippen molar-refractivity contribution in [3.8, 4) is 23.0 Å². The van der Waals surface area contributed by atoms with Crippen molar-refractivity contribution in [2.75, 3.05) is 31.2 Å². The minimum atomic E-state index is -3.21. The van der Waals surface area contributed by atoms with Gasteiger partial charge in [-0.25, -0.2) is 13.6 Å². The lowest BCUT2D eigenvalue weighted by molar-refractivity contribution is -0.118. The molecule has 4 heterocycles. The molecule has 2 unspecified atom stereocenters. The molecule has 1 saturated carbocycles. The number of carbonyl (C=O) groups is 2. The van der Waals surface area contributed by atoms with Crippen LogP contribution in [0.3, 0.4) is 0 Å². The number of fused-ring (bicyclic) bond motifs is 4. The number of carbonyl (C=O) groups excluding carboxylic acids is 2. The van der Waals surface area contributed by atoms with Crippen LogP contribution in [0.5, 0.6) is 11.8 Å². The van der Waals surface area contributed by atoms with Crippen molar-refractivity contribution >= 4 is 57.4 Å². The second-order valence-corrected chi connectivity index (χ2v) is 27.2. The number of rotatable bonds is 12. The number of aromatic nitrogens is 3. The smallest absolute Gasteiger partial charge is 0.410 e. The summed E-state index contributed by atoms with van der Waals surface area (Å²) < 4.78 is 52.4. The SMILES string of the molecule is CCc1c(F)ccc2cc(OCC(C)(C)C)cc(-c3ncc4c(N5CC6CCC(C5)N6C(=O)OC(C)(C)C)nc(OCC5(C(=O)[Si](c6ccccc6)(c6ccccc6)C(C)(C)C)CC5)nc4c3F)c12. The second kappa shape index (κ2) is 17.8. The average molecular weight is 954 g/mol. The van der Waals surface area contributed by atoms with E-state index in [1.54, 1.807) is 18.3 Å². The Hall–Kier alpha value is -5.95. The molecule has 69 heavy (non-hydrogen) atoms. The van der Waals surface area contributed by atoms with Crippen molar-refractivity contribution in [2.24, 2.45) is 10.8 Å². The van der Waals surface area contributed by atoms with Crippen LogP contribution in [-0.4, -0.2) is 83.4 Å². The molecule has 10 nitrogen and oxygen atoms in total. The van der Waals surface area contributed by atoms with Crippen molar-refractivity contribution < 1.29 is 32.6 Å². The summed E-state index contributed by atoms with van der Waals surface area (Å²) in [5.41, 5.74) is -0.855. The van der Waals surface area contributed by atoms with Gasteiger partial charge < -0.3 is 23.9 Å². The molecule has 2 bridgehead atoms. The standard InChI is InChI=1S/C56H65F2N5O5Si/c1-11-41-44(57)25-22-35-28-38(66-33-53(2,3)4)29-42(45(35)41)47-46(58)48-43(30-59-47)49(62-31-36-23-24-37(32-62)63(36)52(65)68-54(5,6)7)61-51(60-48)67-34-56(26-27-56)50(64)69(55(8,9)10,39-18-14-12-15-19-39)40-20-16-13-17-21-40/h12-22,25,28-30,36-37H,11,23-24,26-27,31-34H2,1-10H3. The van der Waals surface area contributed by atoms with Gasteiger partial charge in [0.05, 0.1) is 29.5 Å². The topological polar surface area (TPSA) is 107 Å². The summed E-state index contributed by atoms with van der Waals surface area (Å²) in [7, 11) is -3.21. The van der Waals surface area contributed by atoms with Crippen LogP contribution in [0, 0.1) is 22.5 Å². The highest BCUT2D eigenvalue weighted by Gasteiger charge is 2.64. The van der Waals surface area contributed by atoms with E-state index in [2.05, 4.69) is 70.7 Å². The molecule has 1 aliphatic carbocycles. The van der Waals surface area contributed by atoms with E-state index in [1.807, 2.05) is 75.1 Å². The summed E-state index contributed by atoms with van der Waals surface area (Å²) in [5.74, 6) is -0.183. The van der Waals surface area contributed by atoms with Crippen molar-refractivity contribution in [1.29, 1.82) is 0 Å². The molecule has 4 aromatic carbocycles. The minimum absolute atomic E-state index is 0.00937. The lowest BCUT2D eigenvalue weighted by atomic mass is 9.94. The maximum Gasteiger partial charge on any atom is 0.410 e. The summed E-state index contributed by atoms with van der Waals surface area (Å²) >= 11 is 0. The van der Waals surface area contributed by atoms with E-state index in [0.717, 1.165) is 23.2 Å². The average Bonchev–Trinajstić information content (AvgIpc) is 4.04. The molecule has 2 atom stereocenters. The van der Waals surface area contributed by atoms with E-state index in [0.29, 0.717) is 77.8 Å². The number of nitrogens with zero attached hydrogens (tertiary/aromatic N) is 5. The maximum absolute atomic E-state index is 17.9. The Morgan fingerprint density at radius 3 is 1.99 bits per heavy atom. The predicted octanol–water partition coefficient (Wildman–Crippen LogP) is 11.0. The van der Waals surface area contributed by atoms with Crippen LogP contribution >= 0.6 is 0 Å². The minimum Gasteiger partial charge on any atom is -0.493 e. The molecule has 2 aliphatic heterocycles. The number of piperazine rings is 1. The normalized spacial score (nSPS) is 18.1. The van der Waals surface area contributed by atoms with Gasteiger partial charge >= 0.3 is 12.1 Å². The molecule has 2 aromatic heterocycles. The van der Waals surface area contributed by atoms with Gasteiger partial charge in [0.1, 0.15) is 46.2 Å². The van der Waals surface area contributed by atoms with E-state index in [4.69, 9.17) is 29.2 Å². The lowest BCUT2D eigenvalue weighted by Crippen LogP contribution is -2.72. The molecule has 13 heteroatoms. The zero-order valence-corrected chi connectivity index (χ0v) is 42.7. The van der Waals surface area contributed by atoms with Crippen LogP contribution in [0.25, 0.3) is 32.9 Å². The molecule has 6 aromatic rings. The highest BCUT2D eigenvalue weighted by molar-refractivity contribution is 7.24. The summed E-state index contributed by atoms with van der Waals surface area (Å²) in [6, 6.07) is 26.7. The molecule has 9 rings (SSSR count). The van der Waals surface area contributed by atoms with Crippen LogP contribution in [0.4, 0.5) is 19.4 Å². The molecule has 2 saturated heterocycles. The zero-order chi connectivity index (χ0) is 49.3. The Bertz CT molecular complexity index is 2870. The number of hydrogen-bond donors (Lipinski definition) is 0. The quantitative estimate of drug-likeness (QED) is 0.111. The Morgan fingerprint density at radius 1 is 0.812 bits per heavy atom. The molecule has 3 fully saturated rings. The van der Waals surface area contributed by atoms with Crippen LogP contribution in [0.2, 0.25) is 5.04 Å². The molecule has 1 amide bonds. The van der Waals surface area contributed by atoms with Gasteiger partial charge in [0.2, 0.25) is 0 Å². The Morgan fingerprint density at radius 2 is 1.43 bits per heavy atom. The number of aryl methyl sites for hydroxylation is 1. The van der Waals surface area contributed by atoms with Crippen LogP contribution in [-0.2, 0) is 16.0 Å². The fraction of sp³-hybridized carbons (Fsp3) is 0.446. The highest BCUT2D eigenvalue weighted by Crippen LogP contribution is 2.53. The first-order valence-electron chi connectivity index (χ1n) is 24.4. The van der Waals surface area contributed by atoms with Gasteiger partial charge in [0.15, 0.2) is 13.9 Å². The number of pyridine rings is 1. The first kappa shape index (κ1) is 48.1. The summed E-state index contributed by atoms with van der Waals surface area (Å²) in [4.78, 5) is 47.9. The third-order valence-electron chi connectivity index (χ3n) is 14.1. The molecule has 362 valence electrons. The van der Waals surface area contributed by atoms with Crippen molar-refractivity contribution in [3.63, 3.8) is 0 Å². The predicted molar refractivity (Wildman–Crippen MR) is 271 cm³/mol. The van der Waals surface area contributed by atoms with Crippen LogP contribution < -0.4 is 24.7 Å². The van der Waals surface area contributed by atoms with Crippen molar-refractivity contribution in [1.82, 2.24) is 19.9 Å².